The van der Waals surface area contributed by atoms with E-state index in [-0.39, 0.29) is 0 Å². The highest BCUT2D eigenvalue weighted by Crippen LogP contribution is 2.63. The van der Waals surface area contributed by atoms with Gasteiger partial charge in [-0.15, -0.1) is 11.8 Å². The zero-order valence-corrected chi connectivity index (χ0v) is 9.27. The van der Waals surface area contributed by atoms with Crippen molar-refractivity contribution in [1.82, 2.24) is 0 Å². The third kappa shape index (κ3) is 1.05. The Morgan fingerprint density at radius 2 is 2.15 bits per heavy atom. The molecule has 1 nitrogen and oxygen atoms in total. The van der Waals surface area contributed by atoms with Crippen molar-refractivity contribution in [2.24, 2.45) is 23.2 Å². The average molecular weight is 198 g/mol. The average Bonchev–Trinajstić information content (AvgIpc) is 2.16. The van der Waals surface area contributed by atoms with Gasteiger partial charge in [-0.2, -0.15) is 0 Å². The molecule has 74 valence electrons. The molecule has 0 N–H and O–H groups in total. The van der Waals surface area contributed by atoms with Crippen LogP contribution in [0.15, 0.2) is 0 Å². The molecule has 0 aromatic heterocycles. The molecule has 13 heavy (non-hydrogen) atoms. The fourth-order valence-electron chi connectivity index (χ4n) is 3.63. The van der Waals surface area contributed by atoms with E-state index in [1.54, 1.807) is 0 Å². The van der Waals surface area contributed by atoms with Crippen molar-refractivity contribution < 1.29 is 4.74 Å². The number of hydrogen-bond acceptors (Lipinski definition) is 2. The second-order valence-corrected chi connectivity index (χ2v) is 6.63. The number of rotatable bonds is 0. The number of hydrogen-bond donors (Lipinski definition) is 0. The summed E-state index contributed by atoms with van der Waals surface area (Å²) >= 11 is 2.06. The predicted molar refractivity (Wildman–Crippen MR) is 55.7 cm³/mol. The van der Waals surface area contributed by atoms with Crippen LogP contribution >= 0.6 is 11.8 Å². The molecule has 4 aliphatic rings. The number of thioether (sulfide) groups is 1. The van der Waals surface area contributed by atoms with Crippen LogP contribution in [0.4, 0.5) is 0 Å². The molecule has 0 amide bonds. The van der Waals surface area contributed by atoms with Crippen LogP contribution in [0.1, 0.15) is 26.7 Å². The highest BCUT2D eigenvalue weighted by atomic mass is 32.2. The highest BCUT2D eigenvalue weighted by Gasteiger charge is 2.58. The summed E-state index contributed by atoms with van der Waals surface area (Å²) < 4.78 is 5.59. The predicted octanol–water partition coefficient (Wildman–Crippen LogP) is 2.76. The smallest absolute Gasteiger partial charge is 0.0923 e. The third-order valence-corrected chi connectivity index (χ3v) is 6.01. The lowest BCUT2D eigenvalue weighted by Gasteiger charge is -2.63. The molecule has 0 radical (unpaired) electrons. The van der Waals surface area contributed by atoms with Crippen molar-refractivity contribution in [3.8, 4) is 0 Å². The summed E-state index contributed by atoms with van der Waals surface area (Å²) in [6.07, 6.45) is 2.94. The van der Waals surface area contributed by atoms with Crippen molar-refractivity contribution in [3.63, 3.8) is 0 Å². The van der Waals surface area contributed by atoms with Crippen molar-refractivity contribution in [2.45, 2.75) is 31.9 Å². The Balaban J connectivity index is 1.83. The van der Waals surface area contributed by atoms with Crippen LogP contribution in [0.2, 0.25) is 0 Å². The molecule has 4 unspecified atom stereocenters. The van der Waals surface area contributed by atoms with E-state index < -0.39 is 0 Å². The van der Waals surface area contributed by atoms with Gasteiger partial charge in [0.2, 0.25) is 0 Å². The molecule has 0 aromatic rings. The van der Waals surface area contributed by atoms with E-state index in [4.69, 9.17) is 4.74 Å². The second-order valence-electron chi connectivity index (χ2n) is 5.45. The number of ether oxygens (including phenoxy) is 1. The Labute approximate surface area is 84.6 Å². The molecule has 2 heteroatoms. The van der Waals surface area contributed by atoms with Gasteiger partial charge in [0.1, 0.15) is 0 Å². The summed E-state index contributed by atoms with van der Waals surface area (Å²) in [7, 11) is 0. The Bertz CT molecular complexity index is 226. The Kier molecular flexibility index (Phi) is 1.76. The second kappa shape index (κ2) is 2.66. The lowest BCUT2D eigenvalue weighted by atomic mass is 9.45. The molecule has 4 fully saturated rings. The molecule has 4 atom stereocenters. The van der Waals surface area contributed by atoms with Crippen molar-refractivity contribution in [3.05, 3.63) is 0 Å². The van der Waals surface area contributed by atoms with E-state index in [1.165, 1.54) is 12.8 Å². The standard InChI is InChI=1S/C11H18OS/c1-11(2)7-3-9(11)8-5-12-6-13-10(8)4-7/h7-10H,3-6H2,1-2H3. The zero-order valence-electron chi connectivity index (χ0n) is 8.45. The summed E-state index contributed by atoms with van der Waals surface area (Å²) in [5.74, 6) is 3.80. The van der Waals surface area contributed by atoms with Gasteiger partial charge in [0.25, 0.3) is 0 Å². The normalized spacial score (nSPS) is 52.2. The minimum Gasteiger partial charge on any atom is -0.371 e. The zero-order chi connectivity index (χ0) is 9.05. The molecule has 2 bridgehead atoms. The molecule has 3 aliphatic carbocycles. The lowest BCUT2D eigenvalue weighted by Crippen LogP contribution is -2.58. The first kappa shape index (κ1) is 8.60. The van der Waals surface area contributed by atoms with Crippen molar-refractivity contribution in [1.29, 1.82) is 0 Å². The minimum absolute atomic E-state index is 0.627. The summed E-state index contributed by atoms with van der Waals surface area (Å²) in [4.78, 5) is 0. The molecular formula is C11H18OS. The lowest BCUT2D eigenvalue weighted by molar-refractivity contribution is -0.121. The van der Waals surface area contributed by atoms with E-state index in [1.807, 2.05) is 0 Å². The SMILES string of the molecule is CC1(C)C2CC3SCOCC3C1C2. The minimum atomic E-state index is 0.627. The maximum Gasteiger partial charge on any atom is 0.0923 e. The molecule has 0 spiro atoms. The van der Waals surface area contributed by atoms with Gasteiger partial charge < -0.3 is 4.74 Å². The van der Waals surface area contributed by atoms with Gasteiger partial charge in [-0.3, -0.25) is 0 Å². The van der Waals surface area contributed by atoms with Gasteiger partial charge in [-0.25, -0.2) is 0 Å². The summed E-state index contributed by atoms with van der Waals surface area (Å²) in [6, 6.07) is 0. The molecule has 0 aromatic carbocycles. The largest absolute Gasteiger partial charge is 0.371 e. The topological polar surface area (TPSA) is 9.23 Å². The molecule has 1 heterocycles. The Hall–Kier alpha value is 0.310. The van der Waals surface area contributed by atoms with Crippen LogP contribution in [-0.2, 0) is 4.74 Å². The maximum atomic E-state index is 5.59. The van der Waals surface area contributed by atoms with Crippen LogP contribution < -0.4 is 0 Å². The Morgan fingerprint density at radius 1 is 1.31 bits per heavy atom. The highest BCUT2D eigenvalue weighted by molar-refractivity contribution is 7.99. The van der Waals surface area contributed by atoms with Gasteiger partial charge in [-0.1, -0.05) is 13.8 Å². The van der Waals surface area contributed by atoms with Crippen molar-refractivity contribution >= 4 is 11.8 Å². The van der Waals surface area contributed by atoms with Crippen LogP contribution in [0.3, 0.4) is 0 Å². The molecule has 1 aliphatic heterocycles. The first-order valence-corrected chi connectivity index (χ1v) is 6.44. The van der Waals surface area contributed by atoms with Crippen LogP contribution in [0.5, 0.6) is 0 Å². The van der Waals surface area contributed by atoms with Crippen LogP contribution in [0.25, 0.3) is 0 Å². The maximum absolute atomic E-state index is 5.59. The van der Waals surface area contributed by atoms with E-state index in [0.29, 0.717) is 5.41 Å². The molecule has 3 saturated carbocycles. The van der Waals surface area contributed by atoms with E-state index in [9.17, 15) is 0 Å². The Morgan fingerprint density at radius 3 is 2.92 bits per heavy atom. The van der Waals surface area contributed by atoms with Crippen LogP contribution in [0, 0.1) is 23.2 Å². The molecular weight excluding hydrogens is 180 g/mol. The van der Waals surface area contributed by atoms with E-state index in [0.717, 1.165) is 35.5 Å². The van der Waals surface area contributed by atoms with Gasteiger partial charge in [0, 0.05) is 5.25 Å². The summed E-state index contributed by atoms with van der Waals surface area (Å²) in [5.41, 5.74) is 0.627. The van der Waals surface area contributed by atoms with Crippen molar-refractivity contribution in [2.75, 3.05) is 12.5 Å². The van der Waals surface area contributed by atoms with Gasteiger partial charge >= 0.3 is 0 Å². The fourth-order valence-corrected chi connectivity index (χ4v) is 4.88. The monoisotopic (exact) mass is 198 g/mol. The molecule has 4 rings (SSSR count). The van der Waals surface area contributed by atoms with E-state index in [2.05, 4.69) is 25.6 Å². The van der Waals surface area contributed by atoms with E-state index >= 15 is 0 Å². The summed E-state index contributed by atoms with van der Waals surface area (Å²) in [6.45, 7) is 5.96. The first-order chi connectivity index (χ1) is 6.19. The first-order valence-electron chi connectivity index (χ1n) is 5.39. The third-order valence-electron chi connectivity index (χ3n) is 4.73. The van der Waals surface area contributed by atoms with Crippen LogP contribution in [-0.4, -0.2) is 17.8 Å². The quantitative estimate of drug-likeness (QED) is 0.592. The fraction of sp³-hybridized carbons (Fsp3) is 1.00. The van der Waals surface area contributed by atoms with Gasteiger partial charge in [-0.05, 0) is 36.0 Å². The summed E-state index contributed by atoms with van der Waals surface area (Å²) in [5, 5.41) is 0.936. The van der Waals surface area contributed by atoms with Gasteiger partial charge in [0.15, 0.2) is 0 Å². The molecule has 1 saturated heterocycles. The van der Waals surface area contributed by atoms with Gasteiger partial charge in [0.05, 0.1) is 12.5 Å².